The predicted molar refractivity (Wildman–Crippen MR) is 96.8 cm³/mol. The third-order valence-electron chi connectivity index (χ3n) is 4.40. The van der Waals surface area contributed by atoms with E-state index in [4.69, 9.17) is 5.11 Å². The average Bonchev–Trinajstić information content (AvgIpc) is 2.84. The SMILES string of the molecule is CC(=CCCC1=CC(O)OC1=O)CCC=C(C)CCCC(C)C(=O)O. The Labute approximate surface area is 150 Å². The number of ether oxygens (including phenoxy) is 1. The van der Waals surface area contributed by atoms with Gasteiger partial charge in [0.15, 0.2) is 0 Å². The van der Waals surface area contributed by atoms with Crippen LogP contribution in [0, 0.1) is 5.92 Å². The first-order chi connectivity index (χ1) is 11.8. The van der Waals surface area contributed by atoms with E-state index in [9.17, 15) is 14.7 Å². The smallest absolute Gasteiger partial charge is 0.336 e. The first-order valence-electron chi connectivity index (χ1n) is 8.93. The van der Waals surface area contributed by atoms with Crippen LogP contribution in [0.1, 0.15) is 65.7 Å². The van der Waals surface area contributed by atoms with Gasteiger partial charge in [0.25, 0.3) is 0 Å². The molecule has 0 aromatic carbocycles. The van der Waals surface area contributed by atoms with Gasteiger partial charge < -0.3 is 14.9 Å². The van der Waals surface area contributed by atoms with Crippen LogP contribution in [0.15, 0.2) is 34.9 Å². The zero-order chi connectivity index (χ0) is 18.8. The normalized spacial score (nSPS) is 19.6. The summed E-state index contributed by atoms with van der Waals surface area (Å²) in [6, 6.07) is 0. The maximum absolute atomic E-state index is 11.4. The number of carboxylic acid groups (broad SMARTS) is 1. The minimum Gasteiger partial charge on any atom is -0.481 e. The van der Waals surface area contributed by atoms with E-state index < -0.39 is 18.2 Å². The molecule has 1 heterocycles. The zero-order valence-electron chi connectivity index (χ0n) is 15.5. The lowest BCUT2D eigenvalue weighted by Crippen LogP contribution is -2.08. The summed E-state index contributed by atoms with van der Waals surface area (Å²) in [7, 11) is 0. The molecule has 0 saturated carbocycles. The summed E-state index contributed by atoms with van der Waals surface area (Å²) >= 11 is 0. The second-order valence-corrected chi connectivity index (χ2v) is 6.80. The molecule has 0 saturated heterocycles. The first kappa shape index (κ1) is 21.2. The Bertz CT molecular complexity index is 556. The van der Waals surface area contributed by atoms with Crippen molar-refractivity contribution in [1.82, 2.24) is 0 Å². The van der Waals surface area contributed by atoms with E-state index in [1.807, 2.05) is 0 Å². The first-order valence-corrected chi connectivity index (χ1v) is 8.93. The van der Waals surface area contributed by atoms with Crippen LogP contribution < -0.4 is 0 Å². The number of hydrogen-bond donors (Lipinski definition) is 2. The molecular formula is C20H30O5. The van der Waals surface area contributed by atoms with Gasteiger partial charge in [0.2, 0.25) is 6.29 Å². The van der Waals surface area contributed by atoms with Crippen LogP contribution in [0.25, 0.3) is 0 Å². The molecule has 140 valence electrons. The molecule has 1 aliphatic rings. The largest absolute Gasteiger partial charge is 0.481 e. The molecule has 1 rings (SSSR count). The molecule has 0 radical (unpaired) electrons. The van der Waals surface area contributed by atoms with Crippen molar-refractivity contribution in [3.05, 3.63) is 34.9 Å². The molecule has 25 heavy (non-hydrogen) atoms. The van der Waals surface area contributed by atoms with Crippen LogP contribution in [0.3, 0.4) is 0 Å². The number of hydrogen-bond acceptors (Lipinski definition) is 4. The lowest BCUT2D eigenvalue weighted by Gasteiger charge is -2.06. The number of carboxylic acids is 1. The Morgan fingerprint density at radius 3 is 2.48 bits per heavy atom. The van der Waals surface area contributed by atoms with Crippen LogP contribution in [0.2, 0.25) is 0 Å². The van der Waals surface area contributed by atoms with Crippen LogP contribution in [-0.2, 0) is 14.3 Å². The van der Waals surface area contributed by atoms with E-state index in [-0.39, 0.29) is 5.92 Å². The van der Waals surface area contributed by atoms with Gasteiger partial charge in [0.05, 0.1) is 5.92 Å². The highest BCUT2D eigenvalue weighted by atomic mass is 16.6. The fourth-order valence-corrected chi connectivity index (χ4v) is 2.68. The summed E-state index contributed by atoms with van der Waals surface area (Å²) in [4.78, 5) is 22.1. The third kappa shape index (κ3) is 8.68. The van der Waals surface area contributed by atoms with E-state index in [2.05, 4.69) is 30.7 Å². The molecular weight excluding hydrogens is 320 g/mol. The van der Waals surface area contributed by atoms with Crippen molar-refractivity contribution in [2.45, 2.75) is 72.0 Å². The third-order valence-corrected chi connectivity index (χ3v) is 4.40. The lowest BCUT2D eigenvalue weighted by molar-refractivity contribution is -0.151. The average molecular weight is 350 g/mol. The van der Waals surface area contributed by atoms with Crippen LogP contribution in [-0.4, -0.2) is 28.4 Å². The van der Waals surface area contributed by atoms with Gasteiger partial charge >= 0.3 is 11.9 Å². The minimum absolute atomic E-state index is 0.272. The minimum atomic E-state index is -1.08. The molecule has 0 aliphatic carbocycles. The van der Waals surface area contributed by atoms with Crippen molar-refractivity contribution in [3.63, 3.8) is 0 Å². The van der Waals surface area contributed by atoms with Gasteiger partial charge in [-0.15, -0.1) is 0 Å². The van der Waals surface area contributed by atoms with Crippen LogP contribution in [0.5, 0.6) is 0 Å². The van der Waals surface area contributed by atoms with E-state index in [0.717, 1.165) is 32.1 Å². The van der Waals surface area contributed by atoms with Crippen molar-refractivity contribution < 1.29 is 24.5 Å². The highest BCUT2D eigenvalue weighted by Crippen LogP contribution is 2.19. The molecule has 0 amide bonds. The molecule has 2 N–H and O–H groups in total. The second-order valence-electron chi connectivity index (χ2n) is 6.80. The Hall–Kier alpha value is -1.88. The van der Waals surface area contributed by atoms with Gasteiger partial charge in [0.1, 0.15) is 0 Å². The highest BCUT2D eigenvalue weighted by Gasteiger charge is 2.22. The van der Waals surface area contributed by atoms with Crippen molar-refractivity contribution >= 4 is 11.9 Å². The summed E-state index contributed by atoms with van der Waals surface area (Å²) in [5.41, 5.74) is 3.12. The lowest BCUT2D eigenvalue weighted by atomic mass is 10.0. The number of carbonyl (C=O) groups is 2. The van der Waals surface area contributed by atoms with Gasteiger partial charge in [-0.25, -0.2) is 4.79 Å². The highest BCUT2D eigenvalue weighted by molar-refractivity contribution is 5.90. The predicted octanol–water partition coefficient (Wildman–Crippen LogP) is 4.13. The van der Waals surface area contributed by atoms with Crippen LogP contribution >= 0.6 is 0 Å². The Balaban J connectivity index is 2.21. The van der Waals surface area contributed by atoms with Gasteiger partial charge in [-0.2, -0.15) is 0 Å². The Morgan fingerprint density at radius 2 is 1.88 bits per heavy atom. The van der Waals surface area contributed by atoms with Crippen molar-refractivity contribution in [1.29, 1.82) is 0 Å². The molecule has 0 aromatic rings. The fourth-order valence-electron chi connectivity index (χ4n) is 2.68. The summed E-state index contributed by atoms with van der Waals surface area (Å²) in [5, 5.41) is 18.1. The van der Waals surface area contributed by atoms with Gasteiger partial charge in [-0.1, -0.05) is 30.2 Å². The standard InChI is InChI=1S/C20H30O5/c1-14(9-5-11-16(3)19(22)23)7-4-8-15(2)10-6-12-17-13-18(21)25-20(17)24/h7,10,13,16,18,21H,4-6,8-9,11-12H2,1-3H3,(H,22,23). The number of esters is 1. The number of carbonyl (C=O) groups excluding carboxylic acids is 1. The van der Waals surface area contributed by atoms with Gasteiger partial charge in [-0.3, -0.25) is 4.79 Å². The Morgan fingerprint density at radius 1 is 1.24 bits per heavy atom. The molecule has 0 aromatic heterocycles. The number of aliphatic hydroxyl groups excluding tert-OH is 1. The number of cyclic esters (lactones) is 1. The van der Waals surface area contributed by atoms with Crippen molar-refractivity contribution in [2.75, 3.05) is 0 Å². The molecule has 0 bridgehead atoms. The quantitative estimate of drug-likeness (QED) is 0.432. The van der Waals surface area contributed by atoms with Crippen molar-refractivity contribution in [3.8, 4) is 0 Å². The second kappa shape index (κ2) is 10.9. The van der Waals surface area contributed by atoms with E-state index in [0.29, 0.717) is 18.4 Å². The summed E-state index contributed by atoms with van der Waals surface area (Å²) in [5.74, 6) is -1.42. The maximum atomic E-state index is 11.4. The van der Waals surface area contributed by atoms with Gasteiger partial charge in [0, 0.05) is 5.57 Å². The number of allylic oxidation sites excluding steroid dienone is 4. The van der Waals surface area contributed by atoms with E-state index >= 15 is 0 Å². The Kier molecular flexibility index (Phi) is 9.21. The summed E-state index contributed by atoms with van der Waals surface area (Å²) in [6.45, 7) is 5.92. The van der Waals surface area contributed by atoms with E-state index in [1.165, 1.54) is 17.2 Å². The summed E-state index contributed by atoms with van der Waals surface area (Å²) in [6.07, 6.45) is 10.6. The number of rotatable bonds is 11. The molecule has 2 unspecified atom stereocenters. The molecule has 0 fully saturated rings. The number of aliphatic hydroxyl groups is 1. The molecule has 5 nitrogen and oxygen atoms in total. The fraction of sp³-hybridized carbons (Fsp3) is 0.600. The van der Waals surface area contributed by atoms with Crippen molar-refractivity contribution in [2.24, 2.45) is 5.92 Å². The van der Waals surface area contributed by atoms with E-state index in [1.54, 1.807) is 6.92 Å². The summed E-state index contributed by atoms with van der Waals surface area (Å²) < 4.78 is 4.65. The molecule has 1 aliphatic heterocycles. The monoisotopic (exact) mass is 350 g/mol. The molecule has 5 heteroatoms. The molecule has 0 spiro atoms. The van der Waals surface area contributed by atoms with Crippen LogP contribution in [0.4, 0.5) is 0 Å². The zero-order valence-corrected chi connectivity index (χ0v) is 15.5. The maximum Gasteiger partial charge on any atom is 0.336 e. The van der Waals surface area contributed by atoms with Gasteiger partial charge in [-0.05, 0) is 64.9 Å². The number of aliphatic carboxylic acids is 1. The molecule has 2 atom stereocenters. The topological polar surface area (TPSA) is 83.8 Å².